The van der Waals surface area contributed by atoms with Crippen molar-refractivity contribution in [1.29, 1.82) is 0 Å². The van der Waals surface area contributed by atoms with Gasteiger partial charge >= 0.3 is 0 Å². The van der Waals surface area contributed by atoms with Crippen LogP contribution >= 0.6 is 15.9 Å². The monoisotopic (exact) mass is 435 g/mol. The van der Waals surface area contributed by atoms with Gasteiger partial charge in [0.25, 0.3) is 0 Å². The van der Waals surface area contributed by atoms with Gasteiger partial charge in [-0.15, -0.1) is 0 Å². The summed E-state index contributed by atoms with van der Waals surface area (Å²) < 4.78 is 11.7. The van der Waals surface area contributed by atoms with Gasteiger partial charge < -0.3 is 14.8 Å². The highest BCUT2D eigenvalue weighted by Crippen LogP contribution is 2.33. The topological polar surface area (TPSA) is 56.3 Å². The molecular formula is C22H18BrN3O2. The molecule has 1 aromatic heterocycles. The van der Waals surface area contributed by atoms with Crippen LogP contribution in [0.25, 0.3) is 22.3 Å². The summed E-state index contributed by atoms with van der Waals surface area (Å²) in [7, 11) is 3.24. The van der Waals surface area contributed by atoms with E-state index in [1.165, 1.54) is 0 Å². The van der Waals surface area contributed by atoms with E-state index >= 15 is 0 Å². The van der Waals surface area contributed by atoms with E-state index in [2.05, 4.69) is 21.2 Å². The molecule has 0 unspecified atom stereocenters. The van der Waals surface area contributed by atoms with Crippen LogP contribution in [0.1, 0.15) is 0 Å². The van der Waals surface area contributed by atoms with Crippen LogP contribution in [0.5, 0.6) is 11.5 Å². The minimum atomic E-state index is 0.648. The molecule has 3 aromatic carbocycles. The van der Waals surface area contributed by atoms with Gasteiger partial charge in [-0.3, -0.25) is 0 Å². The zero-order chi connectivity index (χ0) is 19.5. The Kier molecular flexibility index (Phi) is 5.12. The van der Waals surface area contributed by atoms with E-state index in [0.717, 1.165) is 32.4 Å². The third kappa shape index (κ3) is 3.64. The number of nitrogens with one attached hydrogen (secondary N) is 1. The summed E-state index contributed by atoms with van der Waals surface area (Å²) in [5.41, 5.74) is 2.67. The molecule has 4 aromatic rings. The number of halogens is 1. The number of ether oxygens (including phenoxy) is 2. The summed E-state index contributed by atoms with van der Waals surface area (Å²) >= 11 is 3.54. The van der Waals surface area contributed by atoms with Crippen molar-refractivity contribution in [3.63, 3.8) is 0 Å². The second-order valence-electron chi connectivity index (χ2n) is 6.12. The Morgan fingerprint density at radius 2 is 1.61 bits per heavy atom. The Hall–Kier alpha value is -3.12. The van der Waals surface area contributed by atoms with Gasteiger partial charge in [-0.25, -0.2) is 9.97 Å². The highest BCUT2D eigenvalue weighted by molar-refractivity contribution is 9.10. The van der Waals surface area contributed by atoms with Gasteiger partial charge in [0.2, 0.25) is 0 Å². The molecule has 0 amide bonds. The molecule has 0 aliphatic rings. The summed E-state index contributed by atoms with van der Waals surface area (Å²) in [5, 5.41) is 4.32. The molecule has 1 heterocycles. The number of fused-ring (bicyclic) bond motifs is 1. The van der Waals surface area contributed by atoms with Crippen LogP contribution in [0.15, 0.2) is 71.2 Å². The number of rotatable bonds is 5. The van der Waals surface area contributed by atoms with Crippen LogP contribution in [0.2, 0.25) is 0 Å². The lowest BCUT2D eigenvalue weighted by molar-refractivity contribution is 0.355. The van der Waals surface area contributed by atoms with Crippen molar-refractivity contribution >= 4 is 38.3 Å². The Balaban J connectivity index is 1.84. The third-order valence-electron chi connectivity index (χ3n) is 4.34. The minimum absolute atomic E-state index is 0.648. The number of aromatic nitrogens is 2. The first kappa shape index (κ1) is 18.3. The quantitative estimate of drug-likeness (QED) is 0.427. The smallest absolute Gasteiger partial charge is 0.162 e. The minimum Gasteiger partial charge on any atom is -0.493 e. The molecule has 0 fully saturated rings. The predicted octanol–water partition coefficient (Wildman–Crippen LogP) is 5.82. The van der Waals surface area contributed by atoms with Gasteiger partial charge in [-0.1, -0.05) is 46.3 Å². The Labute approximate surface area is 171 Å². The summed E-state index contributed by atoms with van der Waals surface area (Å²) in [6.07, 6.45) is 0. The van der Waals surface area contributed by atoms with Crippen molar-refractivity contribution in [3.05, 3.63) is 71.2 Å². The number of hydrogen-bond acceptors (Lipinski definition) is 5. The number of hydrogen-bond donors (Lipinski definition) is 1. The normalized spacial score (nSPS) is 10.7. The molecule has 0 saturated heterocycles. The zero-order valence-electron chi connectivity index (χ0n) is 15.4. The van der Waals surface area contributed by atoms with Crippen LogP contribution in [0.3, 0.4) is 0 Å². The number of benzene rings is 3. The Morgan fingerprint density at radius 3 is 2.36 bits per heavy atom. The number of methoxy groups -OCH3 is 2. The molecule has 0 saturated carbocycles. The van der Waals surface area contributed by atoms with Crippen molar-refractivity contribution in [3.8, 4) is 22.9 Å². The standard InChI is InChI=1S/C22H18BrN3O2/c1-27-19-11-9-16(13-20(19)28-2)24-22-17-12-15(23)8-10-18(17)25-21(26-22)14-6-4-3-5-7-14/h3-13H,1-2H3,(H,24,25,26). The van der Waals surface area contributed by atoms with Crippen LogP contribution in [0, 0.1) is 0 Å². The maximum absolute atomic E-state index is 5.41. The lowest BCUT2D eigenvalue weighted by atomic mass is 10.1. The average molecular weight is 436 g/mol. The molecule has 0 spiro atoms. The Morgan fingerprint density at radius 1 is 0.821 bits per heavy atom. The van der Waals surface area contributed by atoms with E-state index in [4.69, 9.17) is 19.4 Å². The van der Waals surface area contributed by atoms with Gasteiger partial charge in [0.05, 0.1) is 19.7 Å². The molecule has 6 heteroatoms. The van der Waals surface area contributed by atoms with E-state index in [9.17, 15) is 0 Å². The van der Waals surface area contributed by atoms with Gasteiger partial charge in [-0.05, 0) is 30.3 Å². The first-order chi connectivity index (χ1) is 13.7. The largest absolute Gasteiger partial charge is 0.493 e. The predicted molar refractivity (Wildman–Crippen MR) is 116 cm³/mol. The highest BCUT2D eigenvalue weighted by atomic mass is 79.9. The van der Waals surface area contributed by atoms with E-state index in [0.29, 0.717) is 17.3 Å². The highest BCUT2D eigenvalue weighted by Gasteiger charge is 2.12. The maximum atomic E-state index is 5.41. The molecule has 0 bridgehead atoms. The maximum Gasteiger partial charge on any atom is 0.162 e. The van der Waals surface area contributed by atoms with Crippen molar-refractivity contribution in [1.82, 2.24) is 9.97 Å². The van der Waals surface area contributed by atoms with E-state index in [1.807, 2.05) is 66.7 Å². The number of nitrogens with zero attached hydrogens (tertiary/aromatic N) is 2. The lowest BCUT2D eigenvalue weighted by Crippen LogP contribution is -2.00. The first-order valence-corrected chi connectivity index (χ1v) is 9.49. The fourth-order valence-electron chi connectivity index (χ4n) is 2.96. The van der Waals surface area contributed by atoms with Crippen LogP contribution in [-0.2, 0) is 0 Å². The van der Waals surface area contributed by atoms with E-state index in [1.54, 1.807) is 14.2 Å². The molecule has 28 heavy (non-hydrogen) atoms. The molecule has 0 aliphatic carbocycles. The summed E-state index contributed by atoms with van der Waals surface area (Å²) in [6, 6.07) is 21.6. The molecule has 140 valence electrons. The van der Waals surface area contributed by atoms with Crippen molar-refractivity contribution < 1.29 is 9.47 Å². The fourth-order valence-corrected chi connectivity index (χ4v) is 3.32. The summed E-state index contributed by atoms with van der Waals surface area (Å²) in [5.74, 6) is 2.71. The van der Waals surface area contributed by atoms with Gasteiger partial charge in [0.1, 0.15) is 5.82 Å². The zero-order valence-corrected chi connectivity index (χ0v) is 17.0. The first-order valence-electron chi connectivity index (χ1n) is 8.69. The molecule has 1 N–H and O–H groups in total. The molecule has 5 nitrogen and oxygen atoms in total. The van der Waals surface area contributed by atoms with Crippen molar-refractivity contribution in [2.24, 2.45) is 0 Å². The molecular weight excluding hydrogens is 418 g/mol. The van der Waals surface area contributed by atoms with E-state index in [-0.39, 0.29) is 0 Å². The van der Waals surface area contributed by atoms with Crippen LogP contribution < -0.4 is 14.8 Å². The van der Waals surface area contributed by atoms with Gasteiger partial charge in [0, 0.05) is 27.2 Å². The molecule has 0 atom stereocenters. The fraction of sp³-hybridized carbons (Fsp3) is 0.0909. The second kappa shape index (κ2) is 7.86. The van der Waals surface area contributed by atoms with Gasteiger partial charge in [-0.2, -0.15) is 0 Å². The van der Waals surface area contributed by atoms with Crippen LogP contribution in [-0.4, -0.2) is 24.2 Å². The average Bonchev–Trinajstić information content (AvgIpc) is 2.74. The molecule has 0 aliphatic heterocycles. The second-order valence-corrected chi connectivity index (χ2v) is 7.03. The van der Waals surface area contributed by atoms with Gasteiger partial charge in [0.15, 0.2) is 17.3 Å². The Bertz CT molecular complexity index is 1130. The van der Waals surface area contributed by atoms with E-state index < -0.39 is 0 Å². The number of anilines is 2. The SMILES string of the molecule is COc1ccc(Nc2nc(-c3ccccc3)nc3ccc(Br)cc23)cc1OC. The summed E-state index contributed by atoms with van der Waals surface area (Å²) in [6.45, 7) is 0. The van der Waals surface area contributed by atoms with Crippen LogP contribution in [0.4, 0.5) is 11.5 Å². The lowest BCUT2D eigenvalue weighted by Gasteiger charge is -2.13. The van der Waals surface area contributed by atoms with Crippen molar-refractivity contribution in [2.75, 3.05) is 19.5 Å². The van der Waals surface area contributed by atoms with Crippen molar-refractivity contribution in [2.45, 2.75) is 0 Å². The summed E-state index contributed by atoms with van der Waals surface area (Å²) in [4.78, 5) is 9.52. The third-order valence-corrected chi connectivity index (χ3v) is 4.83. The molecule has 4 rings (SSSR count). The molecule has 0 radical (unpaired) electrons.